The Morgan fingerprint density at radius 2 is 1.94 bits per heavy atom. The van der Waals surface area contributed by atoms with Gasteiger partial charge in [-0.15, -0.1) is 0 Å². The van der Waals surface area contributed by atoms with Gasteiger partial charge in [-0.3, -0.25) is 9.48 Å². The maximum Gasteiger partial charge on any atom is 0.277 e. The van der Waals surface area contributed by atoms with Gasteiger partial charge < -0.3 is 15.5 Å². The monoisotopic (exact) mass is 490 g/mol. The van der Waals surface area contributed by atoms with Gasteiger partial charge in [-0.25, -0.2) is 18.1 Å². The van der Waals surface area contributed by atoms with Crippen molar-refractivity contribution in [1.82, 2.24) is 24.5 Å². The van der Waals surface area contributed by atoms with Gasteiger partial charge in [0, 0.05) is 13.6 Å². The van der Waals surface area contributed by atoms with Gasteiger partial charge in [0.25, 0.3) is 5.56 Å². The minimum Gasteiger partial charge on any atom is -0.493 e. The number of aromatic amines is 1. The van der Waals surface area contributed by atoms with E-state index >= 15 is 0 Å². The smallest absolute Gasteiger partial charge is 0.277 e. The molecular formula is C23H34N6O4S. The average Bonchev–Trinajstić information content (AvgIpc) is 3.12. The van der Waals surface area contributed by atoms with Crippen LogP contribution in [0.1, 0.15) is 51.6 Å². The summed E-state index contributed by atoms with van der Waals surface area (Å²) in [4.78, 5) is 20.4. The Balaban J connectivity index is 1.99. The Kier molecular flexibility index (Phi) is 8.81. The van der Waals surface area contributed by atoms with Crippen LogP contribution in [0.2, 0.25) is 0 Å². The van der Waals surface area contributed by atoms with E-state index in [1.165, 1.54) is 16.8 Å². The van der Waals surface area contributed by atoms with E-state index in [4.69, 9.17) is 10.5 Å². The van der Waals surface area contributed by atoms with Crippen LogP contribution in [-0.2, 0) is 23.5 Å². The van der Waals surface area contributed by atoms with E-state index in [0.29, 0.717) is 48.5 Å². The summed E-state index contributed by atoms with van der Waals surface area (Å²) in [5.74, 6) is 0.678. The SMILES string of the molecule is CCCc1nn(C)c2c(=O)[nH]c(-c3cc(S(=O)(=O)NCCCCCCN)ccc3OCC)nc12. The number of rotatable bonds is 13. The van der Waals surface area contributed by atoms with E-state index in [2.05, 4.69) is 19.8 Å². The number of nitrogens with one attached hydrogen (secondary N) is 2. The van der Waals surface area contributed by atoms with Gasteiger partial charge in [0.1, 0.15) is 17.1 Å². The fourth-order valence-electron chi connectivity index (χ4n) is 3.84. The quantitative estimate of drug-likeness (QED) is 0.312. The predicted molar refractivity (Wildman–Crippen MR) is 132 cm³/mol. The van der Waals surface area contributed by atoms with Crippen LogP contribution < -0.4 is 20.8 Å². The highest BCUT2D eigenvalue weighted by molar-refractivity contribution is 7.89. The molecule has 0 saturated carbocycles. The number of nitrogens with two attached hydrogens (primary N) is 1. The molecule has 2 heterocycles. The standard InChI is InChI=1S/C23H34N6O4S/c1-4-10-18-20-21(29(3)28-18)23(30)27-22(26-20)17-15-16(11-12-19(17)33-5-2)34(31,32)25-14-9-7-6-8-13-24/h11-12,15,25H,4-10,13-14,24H2,1-3H3,(H,26,27,30). The molecule has 34 heavy (non-hydrogen) atoms. The van der Waals surface area contributed by atoms with Crippen molar-refractivity contribution in [2.75, 3.05) is 19.7 Å². The Bertz CT molecular complexity index is 1280. The summed E-state index contributed by atoms with van der Waals surface area (Å²) in [6.07, 6.45) is 5.07. The van der Waals surface area contributed by atoms with Gasteiger partial charge >= 0.3 is 0 Å². The lowest BCUT2D eigenvalue weighted by molar-refractivity contribution is 0.341. The molecule has 4 N–H and O–H groups in total. The summed E-state index contributed by atoms with van der Waals surface area (Å²) < 4.78 is 35.7. The van der Waals surface area contributed by atoms with Crippen molar-refractivity contribution in [3.8, 4) is 17.1 Å². The summed E-state index contributed by atoms with van der Waals surface area (Å²) in [6, 6.07) is 4.57. The summed E-state index contributed by atoms with van der Waals surface area (Å²) >= 11 is 0. The number of nitrogens with zero attached hydrogens (tertiary/aromatic N) is 3. The number of hydrogen-bond donors (Lipinski definition) is 3. The molecule has 10 nitrogen and oxygen atoms in total. The summed E-state index contributed by atoms with van der Waals surface area (Å²) in [7, 11) is -2.04. The van der Waals surface area contributed by atoms with Crippen LogP contribution >= 0.6 is 0 Å². The van der Waals surface area contributed by atoms with Crippen molar-refractivity contribution in [2.24, 2.45) is 12.8 Å². The first-order valence-electron chi connectivity index (χ1n) is 11.7. The molecule has 0 amide bonds. The van der Waals surface area contributed by atoms with Gasteiger partial charge in [0.15, 0.2) is 5.52 Å². The molecule has 0 aliphatic heterocycles. The lowest BCUT2D eigenvalue weighted by atomic mass is 10.1. The average molecular weight is 491 g/mol. The molecule has 0 saturated heterocycles. The molecule has 3 rings (SSSR count). The van der Waals surface area contributed by atoms with Crippen LogP contribution in [0.15, 0.2) is 27.9 Å². The van der Waals surface area contributed by atoms with Crippen molar-refractivity contribution in [3.63, 3.8) is 0 Å². The van der Waals surface area contributed by atoms with Gasteiger partial charge in [-0.05, 0) is 50.9 Å². The predicted octanol–water partition coefficient (Wildman–Crippen LogP) is 2.47. The molecule has 2 aromatic heterocycles. The van der Waals surface area contributed by atoms with Gasteiger partial charge in [-0.2, -0.15) is 5.10 Å². The normalized spacial score (nSPS) is 11.9. The number of sulfonamides is 1. The number of H-pyrrole nitrogens is 1. The fourth-order valence-corrected chi connectivity index (χ4v) is 4.93. The van der Waals surface area contributed by atoms with E-state index in [-0.39, 0.29) is 16.3 Å². The van der Waals surface area contributed by atoms with Crippen LogP contribution in [0.3, 0.4) is 0 Å². The van der Waals surface area contributed by atoms with Crippen molar-refractivity contribution in [2.45, 2.75) is 57.3 Å². The number of hydrogen-bond acceptors (Lipinski definition) is 7. The highest BCUT2D eigenvalue weighted by Crippen LogP contribution is 2.31. The zero-order chi connectivity index (χ0) is 24.7. The second-order valence-corrected chi connectivity index (χ2v) is 9.89. The summed E-state index contributed by atoms with van der Waals surface area (Å²) in [5, 5.41) is 4.44. The Morgan fingerprint density at radius 1 is 1.18 bits per heavy atom. The Hall–Kier alpha value is -2.76. The maximum atomic E-state index is 12.9. The van der Waals surface area contributed by atoms with Gasteiger partial charge in [0.05, 0.1) is 22.8 Å². The summed E-state index contributed by atoms with van der Waals surface area (Å²) in [6.45, 7) is 5.22. The number of fused-ring (bicyclic) bond motifs is 1. The van der Waals surface area contributed by atoms with Crippen molar-refractivity contribution in [3.05, 3.63) is 34.2 Å². The maximum absolute atomic E-state index is 12.9. The third-order valence-corrected chi connectivity index (χ3v) is 6.95. The second-order valence-electron chi connectivity index (χ2n) is 8.12. The fraction of sp³-hybridized carbons (Fsp3) is 0.522. The zero-order valence-electron chi connectivity index (χ0n) is 20.1. The zero-order valence-corrected chi connectivity index (χ0v) is 20.9. The van der Waals surface area contributed by atoms with Crippen molar-refractivity contribution < 1.29 is 13.2 Å². The van der Waals surface area contributed by atoms with E-state index < -0.39 is 10.0 Å². The number of benzene rings is 1. The van der Waals surface area contributed by atoms with Crippen molar-refractivity contribution >= 4 is 21.1 Å². The van der Waals surface area contributed by atoms with E-state index in [1.54, 1.807) is 13.1 Å². The molecule has 0 radical (unpaired) electrons. The molecule has 3 aromatic rings. The van der Waals surface area contributed by atoms with Gasteiger partial charge in [0.2, 0.25) is 10.0 Å². The number of aryl methyl sites for hydroxylation is 2. The number of ether oxygens (including phenoxy) is 1. The molecule has 0 aliphatic carbocycles. The third kappa shape index (κ3) is 5.83. The third-order valence-electron chi connectivity index (χ3n) is 5.49. The van der Waals surface area contributed by atoms with E-state index in [1.807, 2.05) is 13.8 Å². The van der Waals surface area contributed by atoms with E-state index in [9.17, 15) is 13.2 Å². The molecule has 186 valence electrons. The molecule has 1 aromatic carbocycles. The minimum absolute atomic E-state index is 0.0793. The molecule has 0 aliphatic rings. The molecule has 0 atom stereocenters. The first-order valence-corrected chi connectivity index (χ1v) is 13.2. The topological polar surface area (TPSA) is 145 Å². The van der Waals surface area contributed by atoms with Crippen LogP contribution in [-0.4, -0.2) is 47.9 Å². The number of aromatic nitrogens is 4. The second kappa shape index (κ2) is 11.6. The molecule has 0 fully saturated rings. The lowest BCUT2D eigenvalue weighted by Gasteiger charge is -2.13. The van der Waals surface area contributed by atoms with Crippen molar-refractivity contribution in [1.29, 1.82) is 0 Å². The first-order chi connectivity index (χ1) is 16.3. The number of unbranched alkanes of at least 4 members (excludes halogenated alkanes) is 3. The Labute approximate surface area is 200 Å². The minimum atomic E-state index is -3.75. The lowest BCUT2D eigenvalue weighted by Crippen LogP contribution is -2.25. The molecule has 11 heteroatoms. The molecule has 0 spiro atoms. The van der Waals surface area contributed by atoms with Crippen LogP contribution in [0.4, 0.5) is 0 Å². The molecular weight excluding hydrogens is 456 g/mol. The summed E-state index contributed by atoms with van der Waals surface area (Å²) in [5.41, 5.74) is 7.17. The van der Waals surface area contributed by atoms with Gasteiger partial charge in [-0.1, -0.05) is 26.2 Å². The molecule has 0 bridgehead atoms. The molecule has 0 unspecified atom stereocenters. The Morgan fingerprint density at radius 3 is 2.65 bits per heavy atom. The van der Waals surface area contributed by atoms with Crippen LogP contribution in [0.25, 0.3) is 22.4 Å². The van der Waals surface area contributed by atoms with Crippen LogP contribution in [0, 0.1) is 0 Å². The largest absolute Gasteiger partial charge is 0.493 e. The van der Waals surface area contributed by atoms with E-state index in [0.717, 1.165) is 37.8 Å². The first kappa shape index (κ1) is 25.9. The highest BCUT2D eigenvalue weighted by atomic mass is 32.2. The highest BCUT2D eigenvalue weighted by Gasteiger charge is 2.21. The van der Waals surface area contributed by atoms with Crippen LogP contribution in [0.5, 0.6) is 5.75 Å².